The van der Waals surface area contributed by atoms with Gasteiger partial charge in [0, 0.05) is 17.0 Å². The number of carbonyl (C=O) groups is 1. The van der Waals surface area contributed by atoms with Gasteiger partial charge in [0.25, 0.3) is 5.91 Å². The van der Waals surface area contributed by atoms with E-state index in [1.54, 1.807) is 42.5 Å². The number of nitrogen functional groups attached to an aromatic ring is 1. The Morgan fingerprint density at radius 1 is 1.13 bits per heavy atom. The predicted octanol–water partition coefficient (Wildman–Crippen LogP) is 1.75. The minimum Gasteiger partial charge on any atom is -0.508 e. The fraction of sp³-hybridized carbons (Fsp3) is 0.261. The summed E-state index contributed by atoms with van der Waals surface area (Å²) in [6.45, 7) is 2.15. The number of phenolic OH excluding ortho intramolecular Hbond substituents is 1. The van der Waals surface area contributed by atoms with Crippen molar-refractivity contribution in [1.29, 1.82) is 0 Å². The van der Waals surface area contributed by atoms with E-state index in [1.807, 2.05) is 0 Å². The second kappa shape index (κ2) is 9.73. The van der Waals surface area contributed by atoms with Crippen LogP contribution in [-0.2, 0) is 6.42 Å². The van der Waals surface area contributed by atoms with E-state index in [0.29, 0.717) is 10.9 Å². The van der Waals surface area contributed by atoms with Gasteiger partial charge in [0.1, 0.15) is 11.3 Å². The second-order valence-corrected chi connectivity index (χ2v) is 7.14. The quantitative estimate of drug-likeness (QED) is 0.149. The first-order chi connectivity index (χ1) is 14.5. The van der Waals surface area contributed by atoms with Gasteiger partial charge in [-0.1, -0.05) is 44.4 Å². The third kappa shape index (κ3) is 5.05. The molecule has 1 amide bonds. The Morgan fingerprint density at radius 2 is 1.90 bits per heavy atom. The monoisotopic (exact) mass is 408 g/mol. The maximum atomic E-state index is 12.3. The standard InChI is InChI=1S/C23H25N3O4/c1-2-3-4-6-11-16-12-17-13-18(23(29)30-20(17)14-19(16)27)21(24)25-26-22(28)15-9-7-5-8-10-15/h5,7-10,12-14,27H,2-4,6,11H2,1H3,(H2,24,25)(H,26,28)/p+1. The molecule has 0 saturated carbocycles. The molecule has 0 spiro atoms. The van der Waals surface area contributed by atoms with E-state index in [2.05, 4.69) is 17.5 Å². The molecule has 30 heavy (non-hydrogen) atoms. The molecule has 156 valence electrons. The van der Waals surface area contributed by atoms with Crippen LogP contribution < -0.4 is 21.9 Å². The number of amidine groups is 1. The summed E-state index contributed by atoms with van der Waals surface area (Å²) in [6.07, 6.45) is 5.09. The maximum Gasteiger partial charge on any atom is 0.352 e. The summed E-state index contributed by atoms with van der Waals surface area (Å²) in [5.74, 6) is -0.310. The van der Waals surface area contributed by atoms with Crippen LogP contribution in [0.4, 0.5) is 0 Å². The van der Waals surface area contributed by atoms with Crippen molar-refractivity contribution in [3.63, 3.8) is 0 Å². The second-order valence-electron chi connectivity index (χ2n) is 7.14. The maximum absolute atomic E-state index is 12.3. The lowest BCUT2D eigenvalue weighted by molar-refractivity contribution is -0.508. The van der Waals surface area contributed by atoms with Gasteiger partial charge in [-0.2, -0.15) is 10.5 Å². The number of hydrazone groups is 1. The van der Waals surface area contributed by atoms with Gasteiger partial charge in [-0.15, -0.1) is 0 Å². The molecule has 0 aliphatic carbocycles. The zero-order valence-electron chi connectivity index (χ0n) is 16.9. The minimum atomic E-state index is -0.670. The molecule has 0 atom stereocenters. The summed E-state index contributed by atoms with van der Waals surface area (Å²) in [5.41, 5.74) is 9.39. The predicted molar refractivity (Wildman–Crippen MR) is 115 cm³/mol. The summed E-state index contributed by atoms with van der Waals surface area (Å²) >= 11 is 0. The highest BCUT2D eigenvalue weighted by Crippen LogP contribution is 2.26. The van der Waals surface area contributed by atoms with Crippen LogP contribution in [0.2, 0.25) is 0 Å². The van der Waals surface area contributed by atoms with Crippen LogP contribution in [0.25, 0.3) is 11.0 Å². The third-order valence-corrected chi connectivity index (χ3v) is 4.87. The lowest BCUT2D eigenvalue weighted by Gasteiger charge is -2.07. The number of amides is 1. The van der Waals surface area contributed by atoms with E-state index in [4.69, 9.17) is 10.2 Å². The zero-order chi connectivity index (χ0) is 21.5. The molecule has 1 heterocycles. The smallest absolute Gasteiger partial charge is 0.352 e. The van der Waals surface area contributed by atoms with Crippen molar-refractivity contribution in [3.05, 3.63) is 75.6 Å². The summed E-state index contributed by atoms with van der Waals surface area (Å²) in [4.78, 5) is 24.5. The van der Waals surface area contributed by atoms with Crippen LogP contribution in [0.5, 0.6) is 5.75 Å². The molecule has 5 N–H and O–H groups in total. The van der Waals surface area contributed by atoms with Gasteiger partial charge in [0.05, 0.1) is 0 Å². The Labute approximate surface area is 174 Å². The highest BCUT2D eigenvalue weighted by molar-refractivity contribution is 5.97. The number of aryl methyl sites for hydroxylation is 1. The molecule has 7 nitrogen and oxygen atoms in total. The summed E-state index contributed by atoms with van der Waals surface area (Å²) in [7, 11) is 0. The lowest BCUT2D eigenvalue weighted by Crippen LogP contribution is -2.86. The van der Waals surface area contributed by atoms with Crippen LogP contribution in [0, 0.1) is 0 Å². The van der Waals surface area contributed by atoms with Gasteiger partial charge in [0.2, 0.25) is 0 Å². The molecule has 0 radical (unpaired) electrons. The molecular weight excluding hydrogens is 382 g/mol. The van der Waals surface area contributed by atoms with Crippen molar-refractivity contribution in [2.75, 3.05) is 0 Å². The Bertz CT molecular complexity index is 1120. The van der Waals surface area contributed by atoms with Gasteiger partial charge in [-0.05, 0) is 42.7 Å². The van der Waals surface area contributed by atoms with E-state index < -0.39 is 5.63 Å². The topological polar surface area (TPSA) is 120 Å². The Morgan fingerprint density at radius 3 is 2.63 bits per heavy atom. The molecule has 0 saturated heterocycles. The number of aromatic hydroxyl groups is 1. The number of hydrazine groups is 1. The van der Waals surface area contributed by atoms with E-state index >= 15 is 0 Å². The lowest BCUT2D eigenvalue weighted by atomic mass is 10.0. The zero-order valence-corrected chi connectivity index (χ0v) is 16.9. The fourth-order valence-corrected chi connectivity index (χ4v) is 3.19. The van der Waals surface area contributed by atoms with E-state index in [9.17, 15) is 14.7 Å². The van der Waals surface area contributed by atoms with E-state index in [0.717, 1.165) is 37.7 Å². The van der Waals surface area contributed by atoms with Gasteiger partial charge >= 0.3 is 11.5 Å². The minimum absolute atomic E-state index is 0.0347. The highest BCUT2D eigenvalue weighted by Gasteiger charge is 2.16. The van der Waals surface area contributed by atoms with Crippen LogP contribution in [0.3, 0.4) is 0 Å². The largest absolute Gasteiger partial charge is 0.508 e. The number of carbonyl (C=O) groups excluding carboxylic acids is 1. The molecule has 2 aromatic carbocycles. The Balaban J connectivity index is 1.84. The normalized spacial score (nSPS) is 11.6. The van der Waals surface area contributed by atoms with Gasteiger partial charge in [0.15, 0.2) is 5.56 Å². The van der Waals surface area contributed by atoms with Crippen molar-refractivity contribution in [2.45, 2.75) is 39.0 Å². The summed E-state index contributed by atoms with van der Waals surface area (Å²) < 4.78 is 5.32. The van der Waals surface area contributed by atoms with Gasteiger partial charge in [-0.3, -0.25) is 10.5 Å². The molecule has 0 aliphatic heterocycles. The van der Waals surface area contributed by atoms with Crippen molar-refractivity contribution in [3.8, 4) is 5.75 Å². The van der Waals surface area contributed by atoms with Crippen LogP contribution in [0.1, 0.15) is 54.1 Å². The van der Waals surface area contributed by atoms with Crippen LogP contribution in [0.15, 0.2) is 57.7 Å². The fourth-order valence-electron chi connectivity index (χ4n) is 3.19. The first kappa shape index (κ1) is 21.1. The molecule has 0 fully saturated rings. The number of phenols is 1. The number of fused-ring (bicyclic) bond motifs is 1. The van der Waals surface area contributed by atoms with Gasteiger partial charge < -0.3 is 9.52 Å². The average Bonchev–Trinajstić information content (AvgIpc) is 2.75. The third-order valence-electron chi connectivity index (χ3n) is 4.87. The molecule has 3 aromatic rings. The van der Waals surface area contributed by atoms with Crippen molar-refractivity contribution in [2.24, 2.45) is 5.73 Å². The van der Waals surface area contributed by atoms with Crippen LogP contribution >= 0.6 is 0 Å². The number of nitrogens with one attached hydrogen (secondary N) is 2. The van der Waals surface area contributed by atoms with Gasteiger partial charge in [-0.25, -0.2) is 4.79 Å². The first-order valence-corrected chi connectivity index (χ1v) is 10.0. The Hall–Kier alpha value is -3.61. The van der Waals surface area contributed by atoms with E-state index in [-0.39, 0.29) is 28.6 Å². The van der Waals surface area contributed by atoms with Crippen molar-refractivity contribution >= 4 is 22.7 Å². The number of benzene rings is 2. The number of rotatable bonds is 8. The number of nitrogens with two attached hydrogens (primary N) is 1. The number of hydrogen-bond acceptors (Lipinski definition) is 4. The molecule has 0 unspecified atom stereocenters. The first-order valence-electron chi connectivity index (χ1n) is 10.0. The van der Waals surface area contributed by atoms with Crippen LogP contribution in [-0.4, -0.2) is 16.8 Å². The van der Waals surface area contributed by atoms with E-state index in [1.165, 1.54) is 6.07 Å². The molecular formula is C23H26N3O4+. The average molecular weight is 408 g/mol. The summed E-state index contributed by atoms with van der Waals surface area (Å²) in [5, 5.41) is 13.4. The van der Waals surface area contributed by atoms with Crippen molar-refractivity contribution in [1.82, 2.24) is 5.43 Å². The molecule has 1 aromatic heterocycles. The summed E-state index contributed by atoms with van der Waals surface area (Å²) in [6, 6.07) is 13.5. The SMILES string of the molecule is CCCCCCc1cc2cc(C(N)=[NH+]NC(=O)c3ccccc3)c(=O)oc2cc1O. The number of hydrogen-bond donors (Lipinski definition) is 4. The number of unbranched alkanes of at least 4 members (excludes halogenated alkanes) is 3. The Kier molecular flexibility index (Phi) is 6.85. The molecule has 0 aliphatic rings. The molecule has 3 rings (SSSR count). The molecule has 0 bridgehead atoms. The van der Waals surface area contributed by atoms with Crippen molar-refractivity contribution < 1.29 is 19.4 Å². The molecule has 7 heteroatoms. The highest BCUT2D eigenvalue weighted by atomic mass is 16.4.